The Morgan fingerprint density at radius 2 is 1.95 bits per heavy atom. The summed E-state index contributed by atoms with van der Waals surface area (Å²) in [5.74, 6) is -0.149. The first kappa shape index (κ1) is 16.0. The molecule has 116 valence electrons. The molecule has 2 rings (SSSR count). The standard InChI is InChI=1S/C17H25NO3/c1-3-15(19)13-18-11-9-17(10-12-18,16(20)21-2)14-7-5-4-6-8-14/h4-8,15,19H,3,9-13H2,1-2H3/t15-/m1/s1. The predicted molar refractivity (Wildman–Crippen MR) is 82.1 cm³/mol. The topological polar surface area (TPSA) is 49.8 Å². The van der Waals surface area contributed by atoms with E-state index in [-0.39, 0.29) is 12.1 Å². The van der Waals surface area contributed by atoms with Gasteiger partial charge in [0.2, 0.25) is 0 Å². The van der Waals surface area contributed by atoms with Gasteiger partial charge in [-0.05, 0) is 37.9 Å². The quantitative estimate of drug-likeness (QED) is 0.843. The maximum absolute atomic E-state index is 12.4. The third kappa shape index (κ3) is 3.44. The van der Waals surface area contributed by atoms with E-state index >= 15 is 0 Å². The average Bonchev–Trinajstić information content (AvgIpc) is 2.55. The number of hydrogen-bond donors (Lipinski definition) is 1. The number of aliphatic hydroxyl groups is 1. The highest BCUT2D eigenvalue weighted by Crippen LogP contribution is 2.36. The van der Waals surface area contributed by atoms with E-state index in [0.717, 1.165) is 37.9 Å². The van der Waals surface area contributed by atoms with Crippen molar-refractivity contribution in [2.45, 2.75) is 37.7 Å². The van der Waals surface area contributed by atoms with E-state index in [1.54, 1.807) is 0 Å². The molecule has 1 saturated heterocycles. The minimum absolute atomic E-state index is 0.149. The molecule has 1 aliphatic heterocycles. The van der Waals surface area contributed by atoms with Gasteiger partial charge in [0, 0.05) is 6.54 Å². The van der Waals surface area contributed by atoms with Gasteiger partial charge in [-0.3, -0.25) is 4.79 Å². The number of ether oxygens (including phenoxy) is 1. The molecule has 0 bridgehead atoms. The molecule has 1 N–H and O–H groups in total. The van der Waals surface area contributed by atoms with E-state index in [1.165, 1.54) is 7.11 Å². The Morgan fingerprint density at radius 1 is 1.33 bits per heavy atom. The normalized spacial score (nSPS) is 20.0. The SMILES string of the molecule is CC[C@@H](O)CN1CCC(C(=O)OC)(c2ccccc2)CC1. The molecular formula is C17H25NO3. The summed E-state index contributed by atoms with van der Waals surface area (Å²) in [4.78, 5) is 14.6. The molecule has 4 nitrogen and oxygen atoms in total. The number of likely N-dealkylation sites (tertiary alicyclic amines) is 1. The summed E-state index contributed by atoms with van der Waals surface area (Å²) in [7, 11) is 1.46. The van der Waals surface area contributed by atoms with Crippen molar-refractivity contribution in [2.24, 2.45) is 0 Å². The summed E-state index contributed by atoms with van der Waals surface area (Å²) in [6.07, 6.45) is 1.95. The van der Waals surface area contributed by atoms with E-state index in [9.17, 15) is 9.90 Å². The highest BCUT2D eigenvalue weighted by Gasteiger charge is 2.43. The molecule has 1 fully saturated rings. The summed E-state index contributed by atoms with van der Waals surface area (Å²) in [6, 6.07) is 9.91. The maximum atomic E-state index is 12.4. The minimum Gasteiger partial charge on any atom is -0.468 e. The van der Waals surface area contributed by atoms with Crippen molar-refractivity contribution in [1.82, 2.24) is 4.90 Å². The number of methoxy groups -OCH3 is 1. The number of piperidine rings is 1. The highest BCUT2D eigenvalue weighted by molar-refractivity contribution is 5.83. The molecule has 1 heterocycles. The van der Waals surface area contributed by atoms with Crippen molar-refractivity contribution in [3.8, 4) is 0 Å². The molecule has 21 heavy (non-hydrogen) atoms. The summed E-state index contributed by atoms with van der Waals surface area (Å²) < 4.78 is 5.08. The molecule has 0 aliphatic carbocycles. The minimum atomic E-state index is -0.538. The lowest BCUT2D eigenvalue weighted by molar-refractivity contribution is -0.149. The Balaban J connectivity index is 2.13. The van der Waals surface area contributed by atoms with E-state index < -0.39 is 5.41 Å². The molecule has 0 amide bonds. The van der Waals surface area contributed by atoms with Gasteiger partial charge in [-0.15, -0.1) is 0 Å². The third-order valence-corrected chi connectivity index (χ3v) is 4.55. The fraction of sp³-hybridized carbons (Fsp3) is 0.588. The number of hydrogen-bond acceptors (Lipinski definition) is 4. The van der Waals surface area contributed by atoms with Gasteiger partial charge < -0.3 is 14.7 Å². The number of benzene rings is 1. The fourth-order valence-corrected chi connectivity index (χ4v) is 3.11. The lowest BCUT2D eigenvalue weighted by Crippen LogP contribution is -2.49. The van der Waals surface area contributed by atoms with Crippen LogP contribution in [0, 0.1) is 0 Å². The molecule has 0 spiro atoms. The van der Waals surface area contributed by atoms with Crippen LogP contribution in [0.1, 0.15) is 31.7 Å². The van der Waals surface area contributed by atoms with Crippen LogP contribution in [-0.2, 0) is 14.9 Å². The zero-order chi connectivity index (χ0) is 15.3. The van der Waals surface area contributed by atoms with Crippen molar-refractivity contribution >= 4 is 5.97 Å². The summed E-state index contributed by atoms with van der Waals surface area (Å²) >= 11 is 0. The Morgan fingerprint density at radius 3 is 2.48 bits per heavy atom. The molecule has 1 aromatic carbocycles. The second-order valence-corrected chi connectivity index (χ2v) is 5.80. The molecule has 1 aliphatic rings. The van der Waals surface area contributed by atoms with Crippen LogP contribution in [-0.4, -0.2) is 48.8 Å². The first-order valence-electron chi connectivity index (χ1n) is 7.66. The van der Waals surface area contributed by atoms with Crippen molar-refractivity contribution in [1.29, 1.82) is 0 Å². The Hall–Kier alpha value is -1.39. The average molecular weight is 291 g/mol. The molecule has 1 aromatic rings. The molecule has 1 atom stereocenters. The monoisotopic (exact) mass is 291 g/mol. The van der Waals surface area contributed by atoms with Crippen LogP contribution in [0.4, 0.5) is 0 Å². The van der Waals surface area contributed by atoms with Crippen LogP contribution in [0.15, 0.2) is 30.3 Å². The first-order valence-corrected chi connectivity index (χ1v) is 7.66. The third-order valence-electron chi connectivity index (χ3n) is 4.55. The van der Waals surface area contributed by atoms with E-state index in [1.807, 2.05) is 37.3 Å². The fourth-order valence-electron chi connectivity index (χ4n) is 3.11. The molecule has 4 heteroatoms. The smallest absolute Gasteiger partial charge is 0.316 e. The van der Waals surface area contributed by atoms with Gasteiger partial charge in [-0.1, -0.05) is 37.3 Å². The maximum Gasteiger partial charge on any atom is 0.316 e. The zero-order valence-electron chi connectivity index (χ0n) is 12.9. The number of β-amino-alcohol motifs (C(OH)–C–C–N with tert-alkyl or cyclic N) is 1. The molecule has 0 saturated carbocycles. The number of esters is 1. The van der Waals surface area contributed by atoms with Gasteiger partial charge in [-0.25, -0.2) is 0 Å². The zero-order valence-corrected chi connectivity index (χ0v) is 12.9. The van der Waals surface area contributed by atoms with Crippen molar-refractivity contribution < 1.29 is 14.6 Å². The number of rotatable bonds is 5. The largest absolute Gasteiger partial charge is 0.468 e. The van der Waals surface area contributed by atoms with Crippen molar-refractivity contribution in [3.05, 3.63) is 35.9 Å². The van der Waals surface area contributed by atoms with Gasteiger partial charge in [0.15, 0.2) is 0 Å². The van der Waals surface area contributed by atoms with E-state index in [2.05, 4.69) is 4.90 Å². The van der Waals surface area contributed by atoms with Gasteiger partial charge in [0.25, 0.3) is 0 Å². The molecule has 0 aromatic heterocycles. The van der Waals surface area contributed by atoms with Crippen molar-refractivity contribution in [3.63, 3.8) is 0 Å². The van der Waals surface area contributed by atoms with Gasteiger partial charge in [0.05, 0.1) is 18.6 Å². The number of carbonyl (C=O) groups excluding carboxylic acids is 1. The highest BCUT2D eigenvalue weighted by atomic mass is 16.5. The molecule has 0 unspecified atom stereocenters. The lowest BCUT2D eigenvalue weighted by Gasteiger charge is -2.40. The number of carbonyl (C=O) groups is 1. The van der Waals surface area contributed by atoms with Gasteiger partial charge in [-0.2, -0.15) is 0 Å². The van der Waals surface area contributed by atoms with Crippen LogP contribution in [0.3, 0.4) is 0 Å². The van der Waals surface area contributed by atoms with Crippen LogP contribution in [0.25, 0.3) is 0 Å². The van der Waals surface area contributed by atoms with Gasteiger partial charge in [0.1, 0.15) is 0 Å². The molecular weight excluding hydrogens is 266 g/mol. The summed E-state index contributed by atoms with van der Waals surface area (Å²) in [5, 5.41) is 9.78. The second-order valence-electron chi connectivity index (χ2n) is 5.80. The number of aliphatic hydroxyl groups excluding tert-OH is 1. The van der Waals surface area contributed by atoms with Crippen LogP contribution in [0.5, 0.6) is 0 Å². The Kier molecular flexibility index (Phi) is 5.37. The van der Waals surface area contributed by atoms with Crippen LogP contribution in [0.2, 0.25) is 0 Å². The van der Waals surface area contributed by atoms with Crippen LogP contribution >= 0.6 is 0 Å². The first-order chi connectivity index (χ1) is 10.1. The van der Waals surface area contributed by atoms with Gasteiger partial charge >= 0.3 is 5.97 Å². The molecule has 0 radical (unpaired) electrons. The lowest BCUT2D eigenvalue weighted by atomic mass is 9.72. The Labute approximate surface area is 126 Å². The summed E-state index contributed by atoms with van der Waals surface area (Å²) in [6.45, 7) is 4.28. The number of nitrogens with zero attached hydrogens (tertiary/aromatic N) is 1. The van der Waals surface area contributed by atoms with Crippen LogP contribution < -0.4 is 0 Å². The summed E-state index contributed by atoms with van der Waals surface area (Å²) in [5.41, 5.74) is 0.497. The van der Waals surface area contributed by atoms with E-state index in [4.69, 9.17) is 4.74 Å². The Bertz CT molecular complexity index is 452. The van der Waals surface area contributed by atoms with E-state index in [0.29, 0.717) is 6.54 Å². The second kappa shape index (κ2) is 7.05. The predicted octanol–water partition coefficient (Wildman–Crippen LogP) is 1.96. The van der Waals surface area contributed by atoms with Crippen molar-refractivity contribution in [2.75, 3.05) is 26.7 Å².